The number of nitrogens with one attached hydrogen (secondary N) is 2. The molecule has 7 heteroatoms. The van der Waals surface area contributed by atoms with E-state index in [2.05, 4.69) is 26.6 Å². The van der Waals surface area contributed by atoms with Gasteiger partial charge in [0.15, 0.2) is 0 Å². The second kappa shape index (κ2) is 6.91. The lowest BCUT2D eigenvalue weighted by Gasteiger charge is -2.37. The zero-order valence-corrected chi connectivity index (χ0v) is 13.4. The van der Waals surface area contributed by atoms with Crippen LogP contribution in [0.15, 0.2) is 22.7 Å². The molecule has 6 nitrogen and oxygen atoms in total. The SMILES string of the molecule is CCNC(=O)C1CNCCN1c1ccc(C(N)=O)cc1Br. The Morgan fingerprint density at radius 2 is 2.29 bits per heavy atom. The molecule has 2 rings (SSSR count). The Bertz CT molecular complexity index is 550. The first-order valence-corrected chi connectivity index (χ1v) is 7.68. The molecule has 1 atom stereocenters. The maximum Gasteiger partial charge on any atom is 0.248 e. The van der Waals surface area contributed by atoms with E-state index in [1.54, 1.807) is 12.1 Å². The van der Waals surface area contributed by atoms with Crippen molar-refractivity contribution in [3.63, 3.8) is 0 Å². The number of likely N-dealkylation sites (N-methyl/N-ethyl adjacent to an activating group) is 1. The number of anilines is 1. The van der Waals surface area contributed by atoms with E-state index in [1.165, 1.54) is 0 Å². The molecule has 0 saturated carbocycles. The van der Waals surface area contributed by atoms with Gasteiger partial charge in [-0.15, -0.1) is 0 Å². The highest BCUT2D eigenvalue weighted by molar-refractivity contribution is 9.10. The van der Waals surface area contributed by atoms with Gasteiger partial charge in [0.2, 0.25) is 11.8 Å². The van der Waals surface area contributed by atoms with Crippen molar-refractivity contribution in [3.8, 4) is 0 Å². The van der Waals surface area contributed by atoms with Crippen LogP contribution in [-0.2, 0) is 4.79 Å². The van der Waals surface area contributed by atoms with Crippen LogP contribution in [0.3, 0.4) is 0 Å². The van der Waals surface area contributed by atoms with Crippen LogP contribution in [-0.4, -0.2) is 44.0 Å². The lowest BCUT2D eigenvalue weighted by molar-refractivity contribution is -0.122. The van der Waals surface area contributed by atoms with E-state index in [9.17, 15) is 9.59 Å². The molecular formula is C14H19BrN4O2. The highest BCUT2D eigenvalue weighted by atomic mass is 79.9. The Balaban J connectivity index is 2.29. The summed E-state index contributed by atoms with van der Waals surface area (Å²) in [5, 5.41) is 6.09. The molecule has 1 aliphatic rings. The average Bonchev–Trinajstić information content (AvgIpc) is 2.47. The van der Waals surface area contributed by atoms with E-state index in [0.29, 0.717) is 18.7 Å². The predicted molar refractivity (Wildman–Crippen MR) is 85.3 cm³/mol. The monoisotopic (exact) mass is 354 g/mol. The Morgan fingerprint density at radius 1 is 1.52 bits per heavy atom. The molecule has 0 radical (unpaired) electrons. The Labute approximate surface area is 132 Å². The van der Waals surface area contributed by atoms with Gasteiger partial charge in [-0.2, -0.15) is 0 Å². The second-order valence-electron chi connectivity index (χ2n) is 4.84. The molecule has 1 saturated heterocycles. The fourth-order valence-corrected chi connectivity index (χ4v) is 3.02. The Hall–Kier alpha value is -1.60. The molecule has 1 aromatic rings. The quantitative estimate of drug-likeness (QED) is 0.733. The van der Waals surface area contributed by atoms with E-state index in [1.807, 2.05) is 17.9 Å². The van der Waals surface area contributed by atoms with E-state index in [0.717, 1.165) is 23.2 Å². The predicted octanol–water partition coefficient (Wildman–Crippen LogP) is 0.462. The summed E-state index contributed by atoms with van der Waals surface area (Å²) in [5.74, 6) is -0.474. The minimum Gasteiger partial charge on any atom is -0.366 e. The van der Waals surface area contributed by atoms with Gasteiger partial charge in [0.25, 0.3) is 0 Å². The molecular weight excluding hydrogens is 336 g/mol. The van der Waals surface area contributed by atoms with Crippen molar-refractivity contribution in [2.75, 3.05) is 31.1 Å². The molecule has 0 aromatic heterocycles. The topological polar surface area (TPSA) is 87.5 Å². The lowest BCUT2D eigenvalue weighted by Crippen LogP contribution is -2.58. The molecule has 1 aromatic carbocycles. The fraction of sp³-hybridized carbons (Fsp3) is 0.429. The van der Waals surface area contributed by atoms with Crippen molar-refractivity contribution >= 4 is 33.4 Å². The molecule has 4 N–H and O–H groups in total. The van der Waals surface area contributed by atoms with Crippen molar-refractivity contribution in [2.24, 2.45) is 5.73 Å². The number of nitrogens with zero attached hydrogens (tertiary/aromatic N) is 1. The zero-order valence-electron chi connectivity index (χ0n) is 11.9. The average molecular weight is 355 g/mol. The molecule has 0 bridgehead atoms. The molecule has 1 fully saturated rings. The van der Waals surface area contributed by atoms with Gasteiger partial charge in [-0.3, -0.25) is 9.59 Å². The van der Waals surface area contributed by atoms with E-state index < -0.39 is 5.91 Å². The van der Waals surface area contributed by atoms with E-state index in [4.69, 9.17) is 5.73 Å². The maximum absolute atomic E-state index is 12.2. The number of amides is 2. The summed E-state index contributed by atoms with van der Waals surface area (Å²) in [6.07, 6.45) is 0. The smallest absolute Gasteiger partial charge is 0.248 e. The maximum atomic E-state index is 12.2. The first-order valence-electron chi connectivity index (χ1n) is 6.89. The van der Waals surface area contributed by atoms with Gasteiger partial charge >= 0.3 is 0 Å². The number of carbonyl (C=O) groups is 2. The minimum absolute atomic E-state index is 0.00409. The van der Waals surface area contributed by atoms with Gasteiger partial charge in [-0.1, -0.05) is 0 Å². The molecule has 1 aliphatic heterocycles. The normalized spacial score (nSPS) is 18.4. The third-order valence-electron chi connectivity index (χ3n) is 3.44. The molecule has 0 aliphatic carbocycles. The van der Waals surface area contributed by atoms with Crippen LogP contribution in [0.25, 0.3) is 0 Å². The minimum atomic E-state index is -0.470. The molecule has 0 spiro atoms. The standard InChI is InChI=1S/C14H19BrN4O2/c1-2-18-14(21)12-8-17-5-6-19(12)11-4-3-9(13(16)20)7-10(11)15/h3-4,7,12,17H,2,5-6,8H2,1H3,(H2,16,20)(H,18,21). The van der Waals surface area contributed by atoms with Crippen LogP contribution < -0.4 is 21.3 Å². The number of benzene rings is 1. The molecule has 21 heavy (non-hydrogen) atoms. The number of nitrogens with two attached hydrogens (primary N) is 1. The third kappa shape index (κ3) is 3.54. The second-order valence-corrected chi connectivity index (χ2v) is 5.69. The Morgan fingerprint density at radius 3 is 2.90 bits per heavy atom. The Kier molecular flexibility index (Phi) is 5.19. The zero-order chi connectivity index (χ0) is 15.4. The number of primary amides is 1. The van der Waals surface area contributed by atoms with Gasteiger partial charge < -0.3 is 21.3 Å². The third-order valence-corrected chi connectivity index (χ3v) is 4.07. The fourth-order valence-electron chi connectivity index (χ4n) is 2.41. The summed E-state index contributed by atoms with van der Waals surface area (Å²) < 4.78 is 0.759. The van der Waals surface area contributed by atoms with Crippen LogP contribution in [0.4, 0.5) is 5.69 Å². The summed E-state index contributed by atoms with van der Waals surface area (Å²) >= 11 is 3.47. The van der Waals surface area contributed by atoms with Crippen molar-refractivity contribution in [2.45, 2.75) is 13.0 Å². The molecule has 2 amide bonds. The van der Waals surface area contributed by atoms with Crippen LogP contribution >= 0.6 is 15.9 Å². The van der Waals surface area contributed by atoms with Crippen LogP contribution in [0.2, 0.25) is 0 Å². The summed E-state index contributed by atoms with van der Waals surface area (Å²) in [5.41, 5.74) is 6.61. The number of halogens is 1. The van der Waals surface area contributed by atoms with Crippen molar-refractivity contribution < 1.29 is 9.59 Å². The van der Waals surface area contributed by atoms with E-state index >= 15 is 0 Å². The highest BCUT2D eigenvalue weighted by Gasteiger charge is 2.29. The number of hydrogen-bond acceptors (Lipinski definition) is 4. The van der Waals surface area contributed by atoms with Gasteiger partial charge in [0.1, 0.15) is 6.04 Å². The number of hydrogen-bond donors (Lipinski definition) is 3. The van der Waals surface area contributed by atoms with Gasteiger partial charge in [-0.05, 0) is 41.1 Å². The van der Waals surface area contributed by atoms with Crippen LogP contribution in [0.1, 0.15) is 17.3 Å². The number of rotatable bonds is 4. The van der Waals surface area contributed by atoms with Crippen molar-refractivity contribution in [1.29, 1.82) is 0 Å². The largest absolute Gasteiger partial charge is 0.366 e. The molecule has 1 unspecified atom stereocenters. The summed E-state index contributed by atoms with van der Waals surface area (Å²) in [4.78, 5) is 25.4. The number of carbonyl (C=O) groups excluding carboxylic acids is 2. The summed E-state index contributed by atoms with van der Waals surface area (Å²) in [7, 11) is 0. The first-order chi connectivity index (χ1) is 10.0. The molecule has 1 heterocycles. The van der Waals surface area contributed by atoms with E-state index in [-0.39, 0.29) is 11.9 Å². The van der Waals surface area contributed by atoms with Crippen molar-refractivity contribution in [3.05, 3.63) is 28.2 Å². The summed E-state index contributed by atoms with van der Waals surface area (Å²) in [6.45, 7) is 4.62. The van der Waals surface area contributed by atoms with Crippen LogP contribution in [0, 0.1) is 0 Å². The van der Waals surface area contributed by atoms with Crippen molar-refractivity contribution in [1.82, 2.24) is 10.6 Å². The van der Waals surface area contributed by atoms with Crippen LogP contribution in [0.5, 0.6) is 0 Å². The van der Waals surface area contributed by atoms with Gasteiger partial charge in [-0.25, -0.2) is 0 Å². The van der Waals surface area contributed by atoms with Gasteiger partial charge in [0, 0.05) is 36.2 Å². The molecule has 114 valence electrons. The first kappa shape index (κ1) is 15.8. The lowest BCUT2D eigenvalue weighted by atomic mass is 10.1. The van der Waals surface area contributed by atoms with Gasteiger partial charge in [0.05, 0.1) is 5.69 Å². The highest BCUT2D eigenvalue weighted by Crippen LogP contribution is 2.29. The summed E-state index contributed by atoms with van der Waals surface area (Å²) in [6, 6.07) is 4.92. The number of piperazine rings is 1.